The number of hydrogen-bond acceptors (Lipinski definition) is 4. The van der Waals surface area contributed by atoms with Gasteiger partial charge in [-0.05, 0) is 32.1 Å². The van der Waals surface area contributed by atoms with E-state index < -0.39 is 0 Å². The first kappa shape index (κ1) is 21.5. The standard InChI is InChI=1S/C12H22O2.C11H20O2/c1-2-12(8-13-9-12)10-14-11-6-4-3-5-7-11;1-11(7-12-8-11)9-13-10-5-3-2-4-6-10/h11H,2-10H2,1H3;10H,2-9H2,1H3. The minimum atomic E-state index is 0.331. The van der Waals surface area contributed by atoms with Crippen molar-refractivity contribution in [2.45, 2.75) is 96.7 Å². The zero-order valence-electron chi connectivity index (χ0n) is 17.8. The molecule has 27 heavy (non-hydrogen) atoms. The lowest BCUT2D eigenvalue weighted by molar-refractivity contribution is -0.163. The van der Waals surface area contributed by atoms with Gasteiger partial charge in [0.25, 0.3) is 0 Å². The Balaban J connectivity index is 0.000000156. The lowest BCUT2D eigenvalue weighted by Crippen LogP contribution is -2.46. The third kappa shape index (κ3) is 6.69. The van der Waals surface area contributed by atoms with Gasteiger partial charge in [0.2, 0.25) is 0 Å². The van der Waals surface area contributed by atoms with Crippen molar-refractivity contribution in [1.29, 1.82) is 0 Å². The van der Waals surface area contributed by atoms with E-state index >= 15 is 0 Å². The summed E-state index contributed by atoms with van der Waals surface area (Å²) in [7, 11) is 0. The Morgan fingerprint density at radius 3 is 1.56 bits per heavy atom. The predicted octanol–water partition coefficient (Wildman–Crippen LogP) is 5.13. The first-order valence-corrected chi connectivity index (χ1v) is 11.5. The molecule has 2 saturated heterocycles. The predicted molar refractivity (Wildman–Crippen MR) is 108 cm³/mol. The van der Waals surface area contributed by atoms with E-state index in [9.17, 15) is 0 Å². The van der Waals surface area contributed by atoms with Crippen molar-refractivity contribution in [1.82, 2.24) is 0 Å². The fourth-order valence-corrected chi connectivity index (χ4v) is 4.39. The molecule has 4 aliphatic rings. The Morgan fingerprint density at radius 2 is 1.19 bits per heavy atom. The van der Waals surface area contributed by atoms with Gasteiger partial charge in [-0.2, -0.15) is 0 Å². The molecule has 4 heteroatoms. The lowest BCUT2D eigenvalue weighted by atomic mass is 9.84. The quantitative estimate of drug-likeness (QED) is 0.611. The number of hydrogen-bond donors (Lipinski definition) is 0. The Hall–Kier alpha value is -0.160. The molecule has 0 atom stereocenters. The van der Waals surface area contributed by atoms with Gasteiger partial charge in [-0.25, -0.2) is 0 Å². The summed E-state index contributed by atoms with van der Waals surface area (Å²) >= 11 is 0. The summed E-state index contributed by atoms with van der Waals surface area (Å²) in [6.07, 6.45) is 15.6. The van der Waals surface area contributed by atoms with Crippen LogP contribution in [-0.4, -0.2) is 51.8 Å². The number of rotatable bonds is 7. The molecule has 158 valence electrons. The van der Waals surface area contributed by atoms with Gasteiger partial charge in [-0.15, -0.1) is 0 Å². The SMILES string of the molecule is CC1(COC2CCCCC2)COC1.CCC1(COC2CCCCC2)COC1. The summed E-state index contributed by atoms with van der Waals surface area (Å²) in [5.74, 6) is 0. The van der Waals surface area contributed by atoms with Crippen molar-refractivity contribution in [3.05, 3.63) is 0 Å². The largest absolute Gasteiger partial charge is 0.380 e. The summed E-state index contributed by atoms with van der Waals surface area (Å²) < 4.78 is 22.4. The molecule has 0 spiro atoms. The van der Waals surface area contributed by atoms with Gasteiger partial charge in [0, 0.05) is 10.8 Å². The van der Waals surface area contributed by atoms with Crippen LogP contribution in [0, 0.1) is 10.8 Å². The first-order valence-electron chi connectivity index (χ1n) is 11.5. The average Bonchev–Trinajstić information content (AvgIpc) is 2.67. The highest BCUT2D eigenvalue weighted by Gasteiger charge is 2.37. The molecule has 0 amide bonds. The van der Waals surface area contributed by atoms with Crippen molar-refractivity contribution in [2.24, 2.45) is 10.8 Å². The Labute approximate surface area is 166 Å². The molecule has 0 unspecified atom stereocenters. The smallest absolute Gasteiger partial charge is 0.0575 e. The first-order chi connectivity index (χ1) is 13.1. The highest BCUT2D eigenvalue weighted by Crippen LogP contribution is 2.33. The van der Waals surface area contributed by atoms with E-state index in [1.807, 2.05) is 0 Å². The zero-order chi connectivity index (χ0) is 19.0. The highest BCUT2D eigenvalue weighted by molar-refractivity contribution is 4.84. The minimum absolute atomic E-state index is 0.331. The average molecular weight is 383 g/mol. The topological polar surface area (TPSA) is 36.9 Å². The van der Waals surface area contributed by atoms with E-state index in [0.717, 1.165) is 39.6 Å². The molecule has 2 aliphatic carbocycles. The maximum atomic E-state index is 6.00. The minimum Gasteiger partial charge on any atom is -0.380 e. The molecule has 2 saturated carbocycles. The van der Waals surface area contributed by atoms with Crippen molar-refractivity contribution < 1.29 is 18.9 Å². The summed E-state index contributed by atoms with van der Waals surface area (Å²) in [6, 6.07) is 0. The van der Waals surface area contributed by atoms with E-state index in [0.29, 0.717) is 23.0 Å². The van der Waals surface area contributed by atoms with Gasteiger partial charge >= 0.3 is 0 Å². The summed E-state index contributed by atoms with van der Waals surface area (Å²) in [5, 5.41) is 0. The third-order valence-corrected chi connectivity index (χ3v) is 6.86. The van der Waals surface area contributed by atoms with E-state index in [1.54, 1.807) is 0 Å². The Bertz CT molecular complexity index is 399. The van der Waals surface area contributed by atoms with Gasteiger partial charge in [0.15, 0.2) is 0 Å². The third-order valence-electron chi connectivity index (χ3n) is 6.86. The van der Waals surface area contributed by atoms with Crippen LogP contribution in [0.3, 0.4) is 0 Å². The molecule has 0 aromatic rings. The van der Waals surface area contributed by atoms with Crippen LogP contribution in [0.5, 0.6) is 0 Å². The molecule has 4 rings (SSSR count). The molecule has 0 aromatic carbocycles. The molecule has 0 bridgehead atoms. The van der Waals surface area contributed by atoms with Crippen LogP contribution in [0.2, 0.25) is 0 Å². The second-order valence-corrected chi connectivity index (χ2v) is 9.79. The van der Waals surface area contributed by atoms with Crippen LogP contribution in [0.25, 0.3) is 0 Å². The van der Waals surface area contributed by atoms with Crippen molar-refractivity contribution in [3.63, 3.8) is 0 Å². The maximum Gasteiger partial charge on any atom is 0.0575 e. The summed E-state index contributed by atoms with van der Waals surface area (Å²) in [5.41, 5.74) is 0.703. The molecule has 2 aliphatic heterocycles. The Morgan fingerprint density at radius 1 is 0.704 bits per heavy atom. The van der Waals surface area contributed by atoms with E-state index in [-0.39, 0.29) is 0 Å². The fraction of sp³-hybridized carbons (Fsp3) is 1.00. The van der Waals surface area contributed by atoms with Gasteiger partial charge in [-0.1, -0.05) is 52.4 Å². The molecule has 2 heterocycles. The monoisotopic (exact) mass is 382 g/mol. The lowest BCUT2D eigenvalue weighted by Gasteiger charge is -2.41. The van der Waals surface area contributed by atoms with E-state index in [1.165, 1.54) is 70.6 Å². The summed E-state index contributed by atoms with van der Waals surface area (Å²) in [4.78, 5) is 0. The molecule has 0 N–H and O–H groups in total. The molecular weight excluding hydrogens is 340 g/mol. The molecule has 4 fully saturated rings. The second kappa shape index (κ2) is 10.6. The Kier molecular flexibility index (Phi) is 8.43. The van der Waals surface area contributed by atoms with Gasteiger partial charge < -0.3 is 18.9 Å². The molecular formula is C23H42O4. The fourth-order valence-electron chi connectivity index (χ4n) is 4.39. The van der Waals surface area contributed by atoms with Crippen LogP contribution >= 0.6 is 0 Å². The van der Waals surface area contributed by atoms with Crippen molar-refractivity contribution >= 4 is 0 Å². The van der Waals surface area contributed by atoms with Crippen LogP contribution in [0.15, 0.2) is 0 Å². The van der Waals surface area contributed by atoms with Crippen LogP contribution < -0.4 is 0 Å². The molecule has 4 nitrogen and oxygen atoms in total. The normalized spacial score (nSPS) is 27.8. The van der Waals surface area contributed by atoms with E-state index in [4.69, 9.17) is 18.9 Å². The van der Waals surface area contributed by atoms with Crippen LogP contribution in [0.1, 0.15) is 84.5 Å². The van der Waals surface area contributed by atoms with Gasteiger partial charge in [0.05, 0.1) is 51.8 Å². The van der Waals surface area contributed by atoms with Crippen LogP contribution in [0.4, 0.5) is 0 Å². The van der Waals surface area contributed by atoms with Crippen molar-refractivity contribution in [3.8, 4) is 0 Å². The second-order valence-electron chi connectivity index (χ2n) is 9.79. The maximum absolute atomic E-state index is 6.00. The zero-order valence-corrected chi connectivity index (χ0v) is 17.8. The number of ether oxygens (including phenoxy) is 4. The van der Waals surface area contributed by atoms with Crippen molar-refractivity contribution in [2.75, 3.05) is 39.6 Å². The van der Waals surface area contributed by atoms with Gasteiger partial charge in [0.1, 0.15) is 0 Å². The summed E-state index contributed by atoms with van der Waals surface area (Å²) in [6.45, 7) is 9.92. The van der Waals surface area contributed by atoms with Gasteiger partial charge in [-0.3, -0.25) is 0 Å². The van der Waals surface area contributed by atoms with E-state index in [2.05, 4.69) is 13.8 Å². The highest BCUT2D eigenvalue weighted by atomic mass is 16.5. The molecule has 0 radical (unpaired) electrons. The van der Waals surface area contributed by atoms with Crippen LogP contribution in [-0.2, 0) is 18.9 Å². The molecule has 0 aromatic heterocycles.